The van der Waals surface area contributed by atoms with Gasteiger partial charge in [-0.15, -0.1) is 0 Å². The number of H-pyrrole nitrogens is 1. The van der Waals surface area contributed by atoms with E-state index >= 15 is 0 Å². The first kappa shape index (κ1) is 14.8. The third-order valence-electron chi connectivity index (χ3n) is 4.42. The molecular weight excluding hydrogens is 302 g/mol. The molecule has 0 amide bonds. The Labute approximate surface area is 140 Å². The van der Waals surface area contributed by atoms with Crippen LogP contribution in [-0.4, -0.2) is 28.7 Å². The number of imidazole rings is 1. The molecule has 3 aromatic rings. The maximum absolute atomic E-state index is 5.91. The Kier molecular flexibility index (Phi) is 3.91. The molecule has 0 unspecified atom stereocenters. The number of aromatic nitrogens is 3. The summed E-state index contributed by atoms with van der Waals surface area (Å²) in [4.78, 5) is 12.0. The van der Waals surface area contributed by atoms with Gasteiger partial charge in [0.05, 0.1) is 20.0 Å². The average molecular weight is 321 g/mol. The third-order valence-corrected chi connectivity index (χ3v) is 4.42. The molecule has 4 rings (SSSR count). The van der Waals surface area contributed by atoms with Gasteiger partial charge in [0.2, 0.25) is 5.88 Å². The number of rotatable bonds is 5. The second kappa shape index (κ2) is 6.35. The Morgan fingerprint density at radius 3 is 3.00 bits per heavy atom. The molecular formula is C19H19N3O2. The van der Waals surface area contributed by atoms with Crippen molar-refractivity contribution in [2.75, 3.05) is 13.7 Å². The van der Waals surface area contributed by atoms with E-state index in [1.165, 1.54) is 11.1 Å². The molecule has 1 N–H and O–H groups in total. The van der Waals surface area contributed by atoms with Crippen molar-refractivity contribution < 1.29 is 9.47 Å². The molecule has 5 heteroatoms. The third kappa shape index (κ3) is 2.73. The number of ether oxygens (including phenoxy) is 2. The van der Waals surface area contributed by atoms with Crippen LogP contribution in [0.5, 0.6) is 11.6 Å². The smallest absolute Gasteiger partial charge is 0.213 e. The number of nitrogens with one attached hydrogen (secondary N) is 1. The molecule has 0 spiro atoms. The standard InChI is InChI=1S/C19H19N3O2/c1-23-18-7-3-5-14(22-18)10-16(17-11-20-12-21-17)15-6-2-4-13-8-9-24-19(13)15/h2-7,11-12,16H,8-10H2,1H3,(H,20,21)/t16-/m1/s1. The van der Waals surface area contributed by atoms with Crippen LogP contribution in [0, 0.1) is 0 Å². The van der Waals surface area contributed by atoms with Gasteiger partial charge in [-0.2, -0.15) is 0 Å². The number of hydrogen-bond acceptors (Lipinski definition) is 4. The Morgan fingerprint density at radius 1 is 1.25 bits per heavy atom. The molecule has 0 fully saturated rings. The van der Waals surface area contributed by atoms with Crippen molar-refractivity contribution in [3.63, 3.8) is 0 Å². The fraction of sp³-hybridized carbons (Fsp3) is 0.263. The van der Waals surface area contributed by atoms with E-state index in [1.54, 1.807) is 13.4 Å². The van der Waals surface area contributed by atoms with Gasteiger partial charge >= 0.3 is 0 Å². The van der Waals surface area contributed by atoms with Crippen molar-refractivity contribution in [2.45, 2.75) is 18.8 Å². The lowest BCUT2D eigenvalue weighted by Crippen LogP contribution is -2.09. The number of pyridine rings is 1. The maximum Gasteiger partial charge on any atom is 0.213 e. The molecule has 1 atom stereocenters. The summed E-state index contributed by atoms with van der Waals surface area (Å²) in [5, 5.41) is 0. The minimum absolute atomic E-state index is 0.111. The number of nitrogens with zero attached hydrogens (tertiary/aromatic N) is 2. The van der Waals surface area contributed by atoms with Crippen molar-refractivity contribution in [2.24, 2.45) is 0 Å². The predicted molar refractivity (Wildman–Crippen MR) is 90.6 cm³/mol. The Bertz CT molecular complexity index is 830. The van der Waals surface area contributed by atoms with E-state index in [1.807, 2.05) is 24.4 Å². The topological polar surface area (TPSA) is 60.0 Å². The fourth-order valence-electron chi connectivity index (χ4n) is 3.25. The predicted octanol–water partition coefficient (Wildman–Crippen LogP) is 3.12. The van der Waals surface area contributed by atoms with Crippen LogP contribution in [0.3, 0.4) is 0 Å². The Hall–Kier alpha value is -2.82. The van der Waals surface area contributed by atoms with Crippen LogP contribution in [0.25, 0.3) is 0 Å². The molecule has 0 radical (unpaired) electrons. The zero-order chi connectivity index (χ0) is 16.4. The van der Waals surface area contributed by atoms with Gasteiger partial charge in [0, 0.05) is 48.0 Å². The SMILES string of the molecule is COc1cccc(C[C@@H](c2cnc[nH]2)c2cccc3c2OCC3)n1. The van der Waals surface area contributed by atoms with Crippen molar-refractivity contribution in [1.82, 2.24) is 15.0 Å². The summed E-state index contributed by atoms with van der Waals surface area (Å²) in [6, 6.07) is 12.2. The highest BCUT2D eigenvalue weighted by Crippen LogP contribution is 2.38. The molecule has 1 aliphatic rings. The van der Waals surface area contributed by atoms with E-state index < -0.39 is 0 Å². The molecule has 122 valence electrons. The zero-order valence-corrected chi connectivity index (χ0v) is 13.5. The highest BCUT2D eigenvalue weighted by atomic mass is 16.5. The van der Waals surface area contributed by atoms with Gasteiger partial charge in [0.25, 0.3) is 0 Å². The number of hydrogen-bond donors (Lipinski definition) is 1. The minimum atomic E-state index is 0.111. The molecule has 0 aliphatic carbocycles. The lowest BCUT2D eigenvalue weighted by Gasteiger charge is -2.18. The average Bonchev–Trinajstić information content (AvgIpc) is 3.31. The quantitative estimate of drug-likeness (QED) is 0.784. The molecule has 3 heterocycles. The van der Waals surface area contributed by atoms with Gasteiger partial charge in [-0.05, 0) is 11.6 Å². The van der Waals surface area contributed by atoms with E-state index in [0.717, 1.165) is 36.6 Å². The maximum atomic E-state index is 5.91. The van der Waals surface area contributed by atoms with Gasteiger partial charge in [-0.3, -0.25) is 0 Å². The number of fused-ring (bicyclic) bond motifs is 1. The van der Waals surface area contributed by atoms with Gasteiger partial charge in [-0.1, -0.05) is 24.3 Å². The van der Waals surface area contributed by atoms with Crippen LogP contribution < -0.4 is 9.47 Å². The lowest BCUT2D eigenvalue weighted by molar-refractivity contribution is 0.352. The highest BCUT2D eigenvalue weighted by Gasteiger charge is 2.25. The van der Waals surface area contributed by atoms with Crippen molar-refractivity contribution in [3.8, 4) is 11.6 Å². The summed E-state index contributed by atoms with van der Waals surface area (Å²) in [5.74, 6) is 1.76. The van der Waals surface area contributed by atoms with E-state index in [4.69, 9.17) is 9.47 Å². The van der Waals surface area contributed by atoms with E-state index in [0.29, 0.717) is 5.88 Å². The Balaban J connectivity index is 1.74. The Morgan fingerprint density at radius 2 is 2.17 bits per heavy atom. The van der Waals surface area contributed by atoms with Gasteiger partial charge in [-0.25, -0.2) is 9.97 Å². The lowest BCUT2D eigenvalue weighted by atomic mass is 9.89. The summed E-state index contributed by atoms with van der Waals surface area (Å²) in [6.45, 7) is 0.749. The van der Waals surface area contributed by atoms with Crippen LogP contribution in [0.2, 0.25) is 0 Å². The molecule has 24 heavy (non-hydrogen) atoms. The summed E-state index contributed by atoms with van der Waals surface area (Å²) in [5.41, 5.74) is 4.49. The first-order chi connectivity index (χ1) is 11.8. The molecule has 2 aromatic heterocycles. The second-order valence-corrected chi connectivity index (χ2v) is 5.87. The van der Waals surface area contributed by atoms with Crippen LogP contribution in [0.4, 0.5) is 0 Å². The molecule has 5 nitrogen and oxygen atoms in total. The van der Waals surface area contributed by atoms with Crippen LogP contribution >= 0.6 is 0 Å². The minimum Gasteiger partial charge on any atom is -0.493 e. The monoisotopic (exact) mass is 321 g/mol. The zero-order valence-electron chi connectivity index (χ0n) is 13.5. The van der Waals surface area contributed by atoms with Crippen molar-refractivity contribution in [3.05, 3.63) is 71.4 Å². The molecule has 1 aromatic carbocycles. The molecule has 0 saturated heterocycles. The van der Waals surface area contributed by atoms with Crippen LogP contribution in [-0.2, 0) is 12.8 Å². The van der Waals surface area contributed by atoms with E-state index in [2.05, 4.69) is 33.2 Å². The number of benzene rings is 1. The summed E-state index contributed by atoms with van der Waals surface area (Å²) >= 11 is 0. The summed E-state index contributed by atoms with van der Waals surface area (Å²) in [7, 11) is 1.64. The first-order valence-electron chi connectivity index (χ1n) is 8.08. The molecule has 1 aliphatic heterocycles. The highest BCUT2D eigenvalue weighted by molar-refractivity contribution is 5.48. The second-order valence-electron chi connectivity index (χ2n) is 5.87. The molecule has 0 bridgehead atoms. The van der Waals surface area contributed by atoms with Crippen molar-refractivity contribution >= 4 is 0 Å². The largest absolute Gasteiger partial charge is 0.493 e. The van der Waals surface area contributed by atoms with Gasteiger partial charge in [0.15, 0.2) is 0 Å². The van der Waals surface area contributed by atoms with E-state index in [-0.39, 0.29) is 5.92 Å². The number of para-hydroxylation sites is 1. The normalized spacial score (nSPS) is 14.0. The summed E-state index contributed by atoms with van der Waals surface area (Å²) in [6.07, 6.45) is 5.31. The van der Waals surface area contributed by atoms with Gasteiger partial charge in [0.1, 0.15) is 5.75 Å². The van der Waals surface area contributed by atoms with Crippen molar-refractivity contribution in [1.29, 1.82) is 0 Å². The fourth-order valence-corrected chi connectivity index (χ4v) is 3.25. The number of aromatic amines is 1. The van der Waals surface area contributed by atoms with Gasteiger partial charge < -0.3 is 14.5 Å². The van der Waals surface area contributed by atoms with Crippen LogP contribution in [0.15, 0.2) is 48.9 Å². The number of methoxy groups -OCH3 is 1. The first-order valence-corrected chi connectivity index (χ1v) is 8.08. The van der Waals surface area contributed by atoms with E-state index in [9.17, 15) is 0 Å². The molecule has 0 saturated carbocycles. The van der Waals surface area contributed by atoms with Crippen LogP contribution in [0.1, 0.15) is 28.4 Å². The summed E-state index contributed by atoms with van der Waals surface area (Å²) < 4.78 is 11.2.